The van der Waals surface area contributed by atoms with Crippen LogP contribution in [0, 0.1) is 0 Å². The number of rotatable bonds is 5. The van der Waals surface area contributed by atoms with E-state index < -0.39 is 0 Å². The van der Waals surface area contributed by atoms with Crippen molar-refractivity contribution in [3.8, 4) is 10.4 Å². The van der Waals surface area contributed by atoms with Crippen LogP contribution < -0.4 is 10.9 Å². The molecule has 1 N–H and O–H groups in total. The number of anilines is 1. The van der Waals surface area contributed by atoms with Crippen molar-refractivity contribution in [1.29, 1.82) is 0 Å². The molecule has 140 valence electrons. The van der Waals surface area contributed by atoms with Crippen LogP contribution in [0.5, 0.6) is 0 Å². The Hall–Kier alpha value is -2.90. The number of benzene rings is 2. The first kappa shape index (κ1) is 18.5. The zero-order valence-electron chi connectivity index (χ0n) is 15.1. The zero-order chi connectivity index (χ0) is 19.5. The van der Waals surface area contributed by atoms with Crippen LogP contribution >= 0.6 is 23.1 Å². The van der Waals surface area contributed by atoms with Gasteiger partial charge in [0.2, 0.25) is 5.91 Å². The van der Waals surface area contributed by atoms with Crippen molar-refractivity contribution in [3.05, 3.63) is 77.3 Å². The summed E-state index contributed by atoms with van der Waals surface area (Å²) in [4.78, 5) is 32.3. The summed E-state index contributed by atoms with van der Waals surface area (Å²) in [5.74, 6) is -0.264. The fourth-order valence-electron chi connectivity index (χ4n) is 2.87. The molecule has 4 rings (SSSR count). The van der Waals surface area contributed by atoms with Crippen LogP contribution in [-0.4, -0.2) is 21.7 Å². The van der Waals surface area contributed by atoms with Crippen molar-refractivity contribution < 1.29 is 4.79 Å². The summed E-state index contributed by atoms with van der Waals surface area (Å²) in [5, 5.41) is 3.37. The number of carbonyl (C=O) groups is 1. The number of aromatic nitrogens is 2. The van der Waals surface area contributed by atoms with Crippen molar-refractivity contribution in [2.45, 2.75) is 11.4 Å². The molecule has 0 atom stereocenters. The summed E-state index contributed by atoms with van der Waals surface area (Å²) < 4.78 is 1.34. The highest BCUT2D eigenvalue weighted by Crippen LogP contribution is 2.30. The Balaban J connectivity index is 1.58. The van der Waals surface area contributed by atoms with Crippen LogP contribution in [0.4, 0.5) is 5.69 Å². The summed E-state index contributed by atoms with van der Waals surface area (Å²) in [7, 11) is 0. The van der Waals surface area contributed by atoms with Gasteiger partial charge >= 0.3 is 0 Å². The second kappa shape index (κ2) is 8.00. The molecule has 0 saturated heterocycles. The van der Waals surface area contributed by atoms with E-state index in [1.54, 1.807) is 11.8 Å². The predicted octanol–water partition coefficient (Wildman–Crippen LogP) is 4.49. The van der Waals surface area contributed by atoms with E-state index in [0.717, 1.165) is 15.3 Å². The number of thioether (sulfide) groups is 1. The molecule has 2 aromatic heterocycles. The molecule has 0 spiro atoms. The smallest absolute Gasteiger partial charge is 0.262 e. The van der Waals surface area contributed by atoms with Gasteiger partial charge in [-0.15, -0.1) is 23.1 Å². The highest BCUT2D eigenvalue weighted by molar-refractivity contribution is 7.98. The third-order valence-corrected chi connectivity index (χ3v) is 6.06. The molecule has 0 aliphatic heterocycles. The number of carbonyl (C=O) groups excluding carboxylic acids is 1. The second-order valence-electron chi connectivity index (χ2n) is 6.15. The number of amides is 1. The number of hydrogen-bond acceptors (Lipinski definition) is 5. The van der Waals surface area contributed by atoms with Crippen LogP contribution in [0.1, 0.15) is 0 Å². The first-order valence-electron chi connectivity index (χ1n) is 8.62. The molecule has 2 heterocycles. The van der Waals surface area contributed by atoms with E-state index >= 15 is 0 Å². The van der Waals surface area contributed by atoms with E-state index in [1.807, 2.05) is 66.9 Å². The lowest BCUT2D eigenvalue weighted by Gasteiger charge is -2.08. The first-order valence-corrected chi connectivity index (χ1v) is 10.7. The van der Waals surface area contributed by atoms with Crippen LogP contribution in [0.25, 0.3) is 20.7 Å². The Labute approximate surface area is 170 Å². The topological polar surface area (TPSA) is 64.0 Å². The molecule has 0 radical (unpaired) electrons. The third kappa shape index (κ3) is 3.85. The third-order valence-electron chi connectivity index (χ3n) is 4.24. The molecule has 28 heavy (non-hydrogen) atoms. The van der Waals surface area contributed by atoms with Crippen LogP contribution in [0.3, 0.4) is 0 Å². The Morgan fingerprint density at radius 1 is 1.14 bits per heavy atom. The lowest BCUT2D eigenvalue weighted by Crippen LogP contribution is -2.27. The van der Waals surface area contributed by atoms with Crippen molar-refractivity contribution in [1.82, 2.24) is 9.55 Å². The zero-order valence-corrected chi connectivity index (χ0v) is 16.7. The molecule has 0 fully saturated rings. The van der Waals surface area contributed by atoms with Crippen molar-refractivity contribution in [2.75, 3.05) is 11.6 Å². The van der Waals surface area contributed by atoms with Gasteiger partial charge in [-0.1, -0.05) is 36.4 Å². The van der Waals surface area contributed by atoms with Gasteiger partial charge in [-0.25, -0.2) is 4.98 Å². The Kier molecular flexibility index (Phi) is 5.27. The Morgan fingerprint density at radius 2 is 1.96 bits per heavy atom. The van der Waals surface area contributed by atoms with Gasteiger partial charge in [0.15, 0.2) is 0 Å². The highest BCUT2D eigenvalue weighted by atomic mass is 32.2. The van der Waals surface area contributed by atoms with Crippen LogP contribution in [-0.2, 0) is 11.3 Å². The average Bonchev–Trinajstić information content (AvgIpc) is 3.16. The minimum absolute atomic E-state index is 0.0816. The van der Waals surface area contributed by atoms with Gasteiger partial charge in [0.25, 0.3) is 5.56 Å². The second-order valence-corrected chi connectivity index (χ2v) is 8.06. The monoisotopic (exact) mass is 407 g/mol. The lowest BCUT2D eigenvalue weighted by molar-refractivity contribution is -0.116. The molecule has 0 bridgehead atoms. The largest absolute Gasteiger partial charge is 0.324 e. The molecule has 0 aliphatic rings. The summed E-state index contributed by atoms with van der Waals surface area (Å²) in [6.45, 7) is -0.0816. The molecule has 1 amide bonds. The maximum Gasteiger partial charge on any atom is 0.262 e. The Bertz CT molecular complexity index is 1200. The van der Waals surface area contributed by atoms with Crippen molar-refractivity contribution in [3.63, 3.8) is 0 Å². The molecule has 5 nitrogen and oxygen atoms in total. The van der Waals surface area contributed by atoms with Gasteiger partial charge in [-0.2, -0.15) is 0 Å². The standard InChI is InChI=1S/C21H17N3O2S2/c1-27-16-9-5-8-15(10-16)23-19(25)12-24-13-22-20-17(21(24)26)11-18(28-20)14-6-3-2-4-7-14/h2-11,13H,12H2,1H3,(H,23,25). The number of nitrogens with zero attached hydrogens (tertiary/aromatic N) is 2. The molecule has 7 heteroatoms. The molecule has 0 saturated carbocycles. The van der Waals surface area contributed by atoms with Gasteiger partial charge < -0.3 is 5.32 Å². The molecule has 0 aliphatic carbocycles. The van der Waals surface area contributed by atoms with E-state index in [4.69, 9.17) is 0 Å². The minimum Gasteiger partial charge on any atom is -0.324 e. The van der Waals surface area contributed by atoms with E-state index in [-0.39, 0.29) is 18.0 Å². The van der Waals surface area contributed by atoms with E-state index in [1.165, 1.54) is 22.2 Å². The normalized spacial score (nSPS) is 10.9. The molecular weight excluding hydrogens is 390 g/mol. The molecular formula is C21H17N3O2S2. The van der Waals surface area contributed by atoms with E-state index in [0.29, 0.717) is 15.9 Å². The van der Waals surface area contributed by atoms with Crippen LogP contribution in [0.2, 0.25) is 0 Å². The predicted molar refractivity (Wildman–Crippen MR) is 116 cm³/mol. The Morgan fingerprint density at radius 3 is 2.75 bits per heavy atom. The number of fused-ring (bicyclic) bond motifs is 1. The summed E-state index contributed by atoms with van der Waals surface area (Å²) in [6, 6.07) is 19.3. The first-order chi connectivity index (χ1) is 13.6. The minimum atomic E-state index is -0.264. The average molecular weight is 408 g/mol. The van der Waals surface area contributed by atoms with Gasteiger partial charge in [0.05, 0.1) is 11.7 Å². The molecule has 4 aromatic rings. The fraction of sp³-hybridized carbons (Fsp3) is 0.0952. The lowest BCUT2D eigenvalue weighted by atomic mass is 10.2. The van der Waals surface area contributed by atoms with Crippen molar-refractivity contribution >= 4 is 44.9 Å². The fourth-order valence-corrected chi connectivity index (χ4v) is 4.33. The SMILES string of the molecule is CSc1cccc(NC(=O)Cn2cnc3sc(-c4ccccc4)cc3c2=O)c1. The van der Waals surface area contributed by atoms with E-state index in [2.05, 4.69) is 10.3 Å². The van der Waals surface area contributed by atoms with Gasteiger partial charge in [0.1, 0.15) is 11.4 Å². The summed E-state index contributed by atoms with van der Waals surface area (Å²) in [5.41, 5.74) is 1.54. The van der Waals surface area contributed by atoms with E-state index in [9.17, 15) is 9.59 Å². The van der Waals surface area contributed by atoms with Crippen molar-refractivity contribution in [2.24, 2.45) is 0 Å². The highest BCUT2D eigenvalue weighted by Gasteiger charge is 2.12. The summed E-state index contributed by atoms with van der Waals surface area (Å²) in [6.07, 6.45) is 3.42. The maximum atomic E-state index is 12.8. The maximum absolute atomic E-state index is 12.8. The summed E-state index contributed by atoms with van der Waals surface area (Å²) >= 11 is 3.07. The number of thiophene rings is 1. The molecule has 0 unspecified atom stereocenters. The quantitative estimate of drug-likeness (QED) is 0.495. The van der Waals surface area contributed by atoms with Gasteiger partial charge in [-0.05, 0) is 36.1 Å². The molecule has 2 aromatic carbocycles. The van der Waals surface area contributed by atoms with Gasteiger partial charge in [-0.3, -0.25) is 14.2 Å². The van der Waals surface area contributed by atoms with Crippen LogP contribution in [0.15, 0.2) is 76.7 Å². The number of hydrogen-bond donors (Lipinski definition) is 1. The van der Waals surface area contributed by atoms with Gasteiger partial charge in [0, 0.05) is 15.5 Å². The number of nitrogens with one attached hydrogen (secondary N) is 1.